The van der Waals surface area contributed by atoms with Crippen molar-refractivity contribution in [3.05, 3.63) is 35.5 Å². The average Bonchev–Trinajstić information content (AvgIpc) is 2.76. The predicted octanol–water partition coefficient (Wildman–Crippen LogP) is 1.31. The maximum Gasteiger partial charge on any atom is 0.262 e. The van der Waals surface area contributed by atoms with E-state index in [0.717, 1.165) is 5.69 Å². The van der Waals surface area contributed by atoms with Gasteiger partial charge in [0.05, 0.1) is 11.4 Å². The maximum atomic E-state index is 12.2. The molecule has 2 amide bonds. The number of amides is 2. The third-order valence-corrected chi connectivity index (χ3v) is 3.12. The molecule has 1 aromatic carbocycles. The number of aryl methyl sites for hydroxylation is 2. The van der Waals surface area contributed by atoms with Crippen molar-refractivity contribution in [1.82, 2.24) is 9.78 Å². The Balaban J connectivity index is 1.82. The molecule has 1 aromatic heterocycles. The molecule has 7 nitrogen and oxygen atoms in total. The highest BCUT2D eigenvalue weighted by molar-refractivity contribution is 6.05. The van der Waals surface area contributed by atoms with Crippen molar-refractivity contribution >= 4 is 23.3 Å². The van der Waals surface area contributed by atoms with Crippen LogP contribution < -0.4 is 15.4 Å². The second-order valence-corrected chi connectivity index (χ2v) is 4.80. The highest BCUT2D eigenvalue weighted by Crippen LogP contribution is 2.28. The summed E-state index contributed by atoms with van der Waals surface area (Å²) in [5.74, 6) is 0.638. The summed E-state index contributed by atoms with van der Waals surface area (Å²) in [7, 11) is 1.76. The van der Waals surface area contributed by atoms with Crippen LogP contribution in [0.15, 0.2) is 24.3 Å². The van der Waals surface area contributed by atoms with E-state index in [2.05, 4.69) is 15.7 Å². The number of benzene rings is 1. The molecule has 0 atom stereocenters. The third-order valence-electron chi connectivity index (χ3n) is 3.12. The van der Waals surface area contributed by atoms with Crippen LogP contribution in [0.2, 0.25) is 0 Å². The number of aromatic nitrogens is 2. The lowest BCUT2D eigenvalue weighted by molar-refractivity contribution is -0.118. The maximum absolute atomic E-state index is 12.2. The van der Waals surface area contributed by atoms with Gasteiger partial charge in [-0.1, -0.05) is 0 Å². The van der Waals surface area contributed by atoms with E-state index in [1.165, 1.54) is 0 Å². The summed E-state index contributed by atoms with van der Waals surface area (Å²) in [5.41, 5.74) is 1.84. The molecule has 2 aromatic rings. The Hall–Kier alpha value is -2.83. The van der Waals surface area contributed by atoms with Crippen molar-refractivity contribution in [2.45, 2.75) is 6.92 Å². The van der Waals surface area contributed by atoms with E-state index in [1.807, 2.05) is 6.92 Å². The number of carbonyl (C=O) groups is 2. The number of ether oxygens (including phenoxy) is 1. The smallest absolute Gasteiger partial charge is 0.262 e. The number of hydrogen-bond acceptors (Lipinski definition) is 4. The number of rotatable bonds is 2. The second kappa shape index (κ2) is 4.93. The first kappa shape index (κ1) is 13.2. The molecule has 1 aliphatic heterocycles. The molecule has 0 radical (unpaired) electrons. The molecule has 0 saturated carbocycles. The zero-order valence-corrected chi connectivity index (χ0v) is 11.6. The SMILES string of the molecule is Cc1cc(NC(=O)c2ccc3c(c2)OCC(=O)N3)n(C)n1. The van der Waals surface area contributed by atoms with Crippen LogP contribution in [0, 0.1) is 6.92 Å². The van der Waals surface area contributed by atoms with Crippen LogP contribution in [-0.2, 0) is 11.8 Å². The Morgan fingerprint density at radius 3 is 2.95 bits per heavy atom. The van der Waals surface area contributed by atoms with E-state index in [4.69, 9.17) is 4.74 Å². The first-order valence-corrected chi connectivity index (χ1v) is 6.41. The van der Waals surface area contributed by atoms with Gasteiger partial charge in [-0.15, -0.1) is 0 Å². The van der Waals surface area contributed by atoms with Crippen LogP contribution in [0.4, 0.5) is 11.5 Å². The number of anilines is 2. The van der Waals surface area contributed by atoms with E-state index in [1.54, 1.807) is 36.0 Å². The lowest BCUT2D eigenvalue weighted by atomic mass is 10.1. The topological polar surface area (TPSA) is 85.2 Å². The molecule has 108 valence electrons. The van der Waals surface area contributed by atoms with Gasteiger partial charge in [-0.2, -0.15) is 5.10 Å². The van der Waals surface area contributed by atoms with Crippen LogP contribution >= 0.6 is 0 Å². The van der Waals surface area contributed by atoms with Gasteiger partial charge in [0.25, 0.3) is 11.8 Å². The number of hydrogen-bond donors (Lipinski definition) is 2. The summed E-state index contributed by atoms with van der Waals surface area (Å²) in [6.07, 6.45) is 0. The van der Waals surface area contributed by atoms with E-state index in [-0.39, 0.29) is 18.4 Å². The van der Waals surface area contributed by atoms with Crippen molar-refractivity contribution in [2.75, 3.05) is 17.2 Å². The Kier molecular flexibility index (Phi) is 3.09. The van der Waals surface area contributed by atoms with Crippen molar-refractivity contribution in [2.24, 2.45) is 7.05 Å². The van der Waals surface area contributed by atoms with Crippen LogP contribution in [0.1, 0.15) is 16.1 Å². The molecule has 3 rings (SSSR count). The molecule has 0 spiro atoms. The average molecular weight is 286 g/mol. The van der Waals surface area contributed by atoms with Gasteiger partial charge < -0.3 is 15.4 Å². The first-order valence-electron chi connectivity index (χ1n) is 6.41. The molecule has 0 aliphatic carbocycles. The molecule has 0 bridgehead atoms. The number of carbonyl (C=O) groups excluding carboxylic acids is 2. The zero-order chi connectivity index (χ0) is 15.0. The number of fused-ring (bicyclic) bond motifs is 1. The van der Waals surface area contributed by atoms with E-state index >= 15 is 0 Å². The lowest BCUT2D eigenvalue weighted by Gasteiger charge is -2.18. The quantitative estimate of drug-likeness (QED) is 0.871. The van der Waals surface area contributed by atoms with Crippen molar-refractivity contribution < 1.29 is 14.3 Å². The second-order valence-electron chi connectivity index (χ2n) is 4.80. The largest absolute Gasteiger partial charge is 0.482 e. The van der Waals surface area contributed by atoms with E-state index in [0.29, 0.717) is 22.8 Å². The van der Waals surface area contributed by atoms with Crippen molar-refractivity contribution in [3.8, 4) is 5.75 Å². The van der Waals surface area contributed by atoms with Gasteiger partial charge in [0.15, 0.2) is 6.61 Å². The molecule has 21 heavy (non-hydrogen) atoms. The molecule has 1 aliphatic rings. The minimum absolute atomic E-state index is 0.0427. The molecule has 0 saturated heterocycles. The van der Waals surface area contributed by atoms with Gasteiger partial charge in [0.1, 0.15) is 11.6 Å². The fourth-order valence-corrected chi connectivity index (χ4v) is 2.13. The zero-order valence-electron chi connectivity index (χ0n) is 11.6. The van der Waals surface area contributed by atoms with Crippen LogP contribution in [0.3, 0.4) is 0 Å². The summed E-state index contributed by atoms with van der Waals surface area (Å²) >= 11 is 0. The fraction of sp³-hybridized carbons (Fsp3) is 0.214. The van der Waals surface area contributed by atoms with Gasteiger partial charge in [-0.05, 0) is 25.1 Å². The minimum Gasteiger partial charge on any atom is -0.482 e. The Morgan fingerprint density at radius 1 is 1.43 bits per heavy atom. The molecule has 0 fully saturated rings. The molecule has 7 heteroatoms. The van der Waals surface area contributed by atoms with Gasteiger partial charge in [0, 0.05) is 18.7 Å². The molecular weight excluding hydrogens is 272 g/mol. The minimum atomic E-state index is -0.263. The first-order chi connectivity index (χ1) is 10.0. The standard InChI is InChI=1S/C14H14N4O3/c1-8-5-12(18(2)17-8)16-14(20)9-3-4-10-11(6-9)21-7-13(19)15-10/h3-6H,7H2,1-2H3,(H,15,19)(H,16,20). The molecular formula is C14H14N4O3. The van der Waals surface area contributed by atoms with Crippen LogP contribution in [-0.4, -0.2) is 28.2 Å². The molecule has 2 heterocycles. The van der Waals surface area contributed by atoms with Gasteiger partial charge in [-0.3, -0.25) is 14.3 Å². The van der Waals surface area contributed by atoms with Crippen molar-refractivity contribution in [3.63, 3.8) is 0 Å². The Morgan fingerprint density at radius 2 is 2.24 bits per heavy atom. The van der Waals surface area contributed by atoms with Gasteiger partial charge in [-0.25, -0.2) is 0 Å². The highest BCUT2D eigenvalue weighted by atomic mass is 16.5. The predicted molar refractivity (Wildman–Crippen MR) is 76.5 cm³/mol. The fourth-order valence-electron chi connectivity index (χ4n) is 2.13. The summed E-state index contributed by atoms with van der Waals surface area (Å²) in [5, 5.41) is 9.63. The summed E-state index contributed by atoms with van der Waals surface area (Å²) in [4.78, 5) is 23.4. The van der Waals surface area contributed by atoms with Gasteiger partial charge in [0.2, 0.25) is 0 Å². The van der Waals surface area contributed by atoms with E-state index < -0.39 is 0 Å². The third kappa shape index (κ3) is 2.58. The van der Waals surface area contributed by atoms with E-state index in [9.17, 15) is 9.59 Å². The number of nitrogens with zero attached hydrogens (tertiary/aromatic N) is 2. The lowest BCUT2D eigenvalue weighted by Crippen LogP contribution is -2.25. The summed E-state index contributed by atoms with van der Waals surface area (Å²) in [6, 6.07) is 6.67. The normalized spacial score (nSPS) is 13.1. The summed E-state index contributed by atoms with van der Waals surface area (Å²) < 4.78 is 6.89. The Labute approximate surface area is 120 Å². The van der Waals surface area contributed by atoms with Crippen LogP contribution in [0.25, 0.3) is 0 Å². The molecule has 0 unspecified atom stereocenters. The van der Waals surface area contributed by atoms with Crippen molar-refractivity contribution in [1.29, 1.82) is 0 Å². The summed E-state index contributed by atoms with van der Waals surface area (Å²) in [6.45, 7) is 1.81. The number of nitrogens with one attached hydrogen (secondary N) is 2. The van der Waals surface area contributed by atoms with Gasteiger partial charge >= 0.3 is 0 Å². The molecule has 2 N–H and O–H groups in total. The van der Waals surface area contributed by atoms with Crippen LogP contribution in [0.5, 0.6) is 5.75 Å². The Bertz CT molecular complexity index is 736. The monoisotopic (exact) mass is 286 g/mol. The highest BCUT2D eigenvalue weighted by Gasteiger charge is 2.18.